The molecular weight excluding hydrogens is 901 g/mol. The van der Waals surface area contributed by atoms with Crippen molar-refractivity contribution in [2.24, 2.45) is 23.2 Å². The predicted octanol–water partition coefficient (Wildman–Crippen LogP) is 5.42. The summed E-state index contributed by atoms with van der Waals surface area (Å²) in [5, 5.41) is 16.8. The van der Waals surface area contributed by atoms with E-state index in [0.29, 0.717) is 50.9 Å². The number of hydrogen-bond acceptors (Lipinski definition) is 11. The van der Waals surface area contributed by atoms with Gasteiger partial charge < -0.3 is 34.3 Å². The minimum atomic E-state index is -1.13. The Hall–Kier alpha value is -6.28. The van der Waals surface area contributed by atoms with Gasteiger partial charge in [-0.2, -0.15) is 0 Å². The highest BCUT2D eigenvalue weighted by atomic mass is 16.5. The van der Waals surface area contributed by atoms with Gasteiger partial charge in [-0.1, -0.05) is 45.7 Å². The number of benzene rings is 2. The fourth-order valence-corrected chi connectivity index (χ4v) is 10.3. The number of aromatic hydroxyl groups is 1. The molecule has 2 aromatic heterocycles. The SMILES string of the molecule is CCn1c(-c2cccnc2COC)c2c3cc(ccc31)-c1cc(O)cc(c1)C[C@H](NC(=O)C(CN(C)C(=O)[C@H]1C[C@@H](C)N(C(=O)C#CCN(C)C)C1)C(C)C)C(=O)N1CCC[C@H](N1)C(=O)OCC(C)(C)C2. The van der Waals surface area contributed by atoms with Gasteiger partial charge in [0.2, 0.25) is 11.8 Å². The van der Waals surface area contributed by atoms with Gasteiger partial charge in [-0.15, -0.1) is 0 Å². The third-order valence-electron chi connectivity index (χ3n) is 14.0. The zero-order valence-electron chi connectivity index (χ0n) is 43.1. The molecule has 2 fully saturated rings. The fraction of sp³-hybridized carbons (Fsp3) is 0.527. The van der Waals surface area contributed by atoms with Crippen LogP contribution >= 0.6 is 0 Å². The fourth-order valence-electron chi connectivity index (χ4n) is 10.3. The lowest BCUT2D eigenvalue weighted by Gasteiger charge is -2.36. The summed E-state index contributed by atoms with van der Waals surface area (Å²) in [6, 6.07) is 13.4. The number of carbonyl (C=O) groups is 5. The quantitative estimate of drug-likeness (QED) is 0.129. The monoisotopic (exact) mass is 973 g/mol. The number of methoxy groups -OCH3 is 1. The van der Waals surface area contributed by atoms with E-state index >= 15 is 0 Å². The summed E-state index contributed by atoms with van der Waals surface area (Å²) in [6.07, 6.45) is 3.77. The Morgan fingerprint density at radius 3 is 2.58 bits per heavy atom. The number of carbonyl (C=O) groups excluding carboxylic acids is 5. The van der Waals surface area contributed by atoms with Gasteiger partial charge in [-0.3, -0.25) is 38.9 Å². The number of rotatable bonds is 11. The molecule has 6 bridgehead atoms. The lowest BCUT2D eigenvalue weighted by atomic mass is 9.84. The van der Waals surface area contributed by atoms with Crippen molar-refractivity contribution >= 4 is 40.5 Å². The molecule has 5 heterocycles. The summed E-state index contributed by atoms with van der Waals surface area (Å²) in [6.45, 7) is 14.1. The molecule has 71 heavy (non-hydrogen) atoms. The smallest absolute Gasteiger partial charge is 0.324 e. The molecule has 16 nitrogen and oxygen atoms in total. The van der Waals surface area contributed by atoms with E-state index < -0.39 is 47.1 Å². The predicted molar refractivity (Wildman–Crippen MR) is 272 cm³/mol. The van der Waals surface area contributed by atoms with Gasteiger partial charge >= 0.3 is 5.97 Å². The van der Waals surface area contributed by atoms with Gasteiger partial charge in [-0.25, -0.2) is 5.43 Å². The highest BCUT2D eigenvalue weighted by Crippen LogP contribution is 2.41. The number of phenols is 1. The maximum atomic E-state index is 14.8. The number of fused-ring (bicyclic) bond motifs is 6. The average molecular weight is 973 g/mol. The number of likely N-dealkylation sites (tertiary alicyclic amines) is 1. The van der Waals surface area contributed by atoms with E-state index in [2.05, 4.69) is 66.1 Å². The van der Waals surface area contributed by atoms with E-state index in [0.717, 1.165) is 44.5 Å². The molecule has 0 radical (unpaired) electrons. The van der Waals surface area contributed by atoms with Crippen molar-refractivity contribution < 1.29 is 38.6 Å². The van der Waals surface area contributed by atoms with Crippen LogP contribution in [0.15, 0.2) is 54.7 Å². The largest absolute Gasteiger partial charge is 0.508 e. The number of hydrogen-bond donors (Lipinski definition) is 3. The summed E-state index contributed by atoms with van der Waals surface area (Å²) in [7, 11) is 7.07. The normalized spacial score (nSPS) is 20.8. The van der Waals surface area contributed by atoms with Crippen LogP contribution in [0.4, 0.5) is 0 Å². The summed E-state index contributed by atoms with van der Waals surface area (Å²) >= 11 is 0. The summed E-state index contributed by atoms with van der Waals surface area (Å²) in [5.41, 5.74) is 9.61. The van der Waals surface area contributed by atoms with Gasteiger partial charge in [0.15, 0.2) is 0 Å². The topological polar surface area (TPSA) is 179 Å². The van der Waals surface area contributed by atoms with Gasteiger partial charge in [0.05, 0.1) is 43.0 Å². The van der Waals surface area contributed by atoms with Crippen LogP contribution in [0.3, 0.4) is 0 Å². The minimum Gasteiger partial charge on any atom is -0.508 e. The number of aromatic nitrogens is 2. The number of esters is 1. The van der Waals surface area contributed by atoms with Gasteiger partial charge in [0.1, 0.15) is 17.8 Å². The van der Waals surface area contributed by atoms with E-state index in [4.69, 9.17) is 14.5 Å². The molecule has 7 rings (SSSR count). The number of phenolic OH excluding ortho intramolecular Hbond substituents is 1. The number of ether oxygens (including phenoxy) is 2. The Balaban J connectivity index is 1.23. The molecule has 3 aliphatic rings. The molecule has 16 heteroatoms. The summed E-state index contributed by atoms with van der Waals surface area (Å²) in [5.74, 6) is 2.35. The molecule has 1 unspecified atom stereocenters. The van der Waals surface area contributed by atoms with E-state index in [9.17, 15) is 29.1 Å². The number of nitrogens with zero attached hydrogens (tertiary/aromatic N) is 6. The molecule has 2 aromatic carbocycles. The molecule has 4 amide bonds. The van der Waals surface area contributed by atoms with Crippen molar-refractivity contribution in [3.8, 4) is 40.0 Å². The van der Waals surface area contributed by atoms with Crippen molar-refractivity contribution in [3.63, 3.8) is 0 Å². The molecule has 0 aliphatic carbocycles. The zero-order chi connectivity index (χ0) is 51.3. The van der Waals surface area contributed by atoms with Crippen LogP contribution in [0.2, 0.25) is 0 Å². The number of amides is 4. The van der Waals surface area contributed by atoms with Crippen molar-refractivity contribution in [3.05, 3.63) is 71.5 Å². The maximum Gasteiger partial charge on any atom is 0.324 e. The van der Waals surface area contributed by atoms with E-state index in [-0.39, 0.29) is 62.2 Å². The lowest BCUT2D eigenvalue weighted by Crippen LogP contribution is -2.61. The Kier molecular flexibility index (Phi) is 16.6. The molecular formula is C55H72N8O8. The average Bonchev–Trinajstić information content (AvgIpc) is 3.87. The second-order valence-corrected chi connectivity index (χ2v) is 21.0. The Morgan fingerprint density at radius 2 is 1.86 bits per heavy atom. The Bertz CT molecular complexity index is 2700. The molecule has 0 saturated carbocycles. The van der Waals surface area contributed by atoms with Crippen LogP contribution in [-0.4, -0.2) is 143 Å². The summed E-state index contributed by atoms with van der Waals surface area (Å²) < 4.78 is 14.0. The zero-order valence-corrected chi connectivity index (χ0v) is 43.1. The van der Waals surface area contributed by atoms with Crippen LogP contribution in [0.25, 0.3) is 33.3 Å². The maximum absolute atomic E-state index is 14.8. The number of nitrogens with one attached hydrogen (secondary N) is 2. The first-order chi connectivity index (χ1) is 33.8. The Morgan fingerprint density at radius 1 is 1.08 bits per heavy atom. The molecule has 3 N–H and O–H groups in total. The van der Waals surface area contributed by atoms with Gasteiger partial charge in [-0.05, 0) is 124 Å². The molecule has 4 aromatic rings. The first kappa shape index (κ1) is 52.5. The van der Waals surface area contributed by atoms with E-state index in [1.165, 1.54) is 5.01 Å². The second-order valence-electron chi connectivity index (χ2n) is 21.0. The van der Waals surface area contributed by atoms with Crippen LogP contribution in [0.1, 0.15) is 77.6 Å². The lowest BCUT2D eigenvalue weighted by molar-refractivity contribution is -0.155. The second kappa shape index (κ2) is 22.4. The van der Waals surface area contributed by atoms with Crippen LogP contribution in [0, 0.1) is 35.0 Å². The van der Waals surface area contributed by atoms with Crippen LogP contribution in [0.5, 0.6) is 5.75 Å². The van der Waals surface area contributed by atoms with Crippen molar-refractivity contribution in [2.75, 3.05) is 61.0 Å². The third kappa shape index (κ3) is 12.1. The first-order valence-electron chi connectivity index (χ1n) is 24.9. The molecule has 2 saturated heterocycles. The third-order valence-corrected chi connectivity index (χ3v) is 14.0. The standard InChI is InChI=1S/C55H72N8O8/c1-11-61-48-19-18-37-28-42(48)43(50(61)41-15-12-20-56-47(41)32-70-10)29-55(5,6)33-71-54(69)45-16-13-22-63(58-45)53(68)46(26-36-24-38(37)27-40(64)25-36)57-51(66)44(34(2)3)31-60(9)52(67)39-23-35(4)62(30-39)49(65)17-14-21-59(7)8/h12,15,18-20,24-25,27-28,34-35,39,44-46,58,64H,11,13,16,21-23,26,29-33H2,1-10H3,(H,57,66)/t35-,39+,44?,45+,46+/m1/s1. The number of pyridine rings is 1. The molecule has 0 spiro atoms. The van der Waals surface area contributed by atoms with E-state index in [1.807, 2.05) is 58.0 Å². The van der Waals surface area contributed by atoms with E-state index in [1.54, 1.807) is 42.3 Å². The van der Waals surface area contributed by atoms with Crippen molar-refractivity contribution in [2.45, 2.75) is 105 Å². The van der Waals surface area contributed by atoms with Gasteiger partial charge in [0, 0.05) is 80.9 Å². The first-order valence-corrected chi connectivity index (χ1v) is 24.9. The highest BCUT2D eigenvalue weighted by Gasteiger charge is 2.40. The van der Waals surface area contributed by atoms with Crippen molar-refractivity contribution in [1.29, 1.82) is 0 Å². The minimum absolute atomic E-state index is 0.00141. The molecule has 3 aliphatic heterocycles. The number of aryl methyl sites for hydroxylation is 1. The Labute approximate surface area is 418 Å². The summed E-state index contributed by atoms with van der Waals surface area (Å²) in [4.78, 5) is 80.1. The van der Waals surface area contributed by atoms with Gasteiger partial charge in [0.25, 0.3) is 11.8 Å². The number of cyclic esters (lactones) is 1. The number of hydrazine groups is 1. The molecule has 5 atom stereocenters. The highest BCUT2D eigenvalue weighted by molar-refractivity contribution is 5.96. The van der Waals surface area contributed by atoms with Crippen LogP contribution < -0.4 is 10.7 Å². The van der Waals surface area contributed by atoms with Crippen molar-refractivity contribution in [1.82, 2.24) is 40.0 Å². The van der Waals surface area contributed by atoms with Crippen LogP contribution in [-0.2, 0) is 59.4 Å². The molecule has 380 valence electrons.